The maximum atomic E-state index is 12.1. The predicted octanol–water partition coefficient (Wildman–Crippen LogP) is 1.70. The Balaban J connectivity index is 1.39. The van der Waals surface area contributed by atoms with Gasteiger partial charge < -0.3 is 15.6 Å². The molecule has 3 rings (SSSR count). The van der Waals surface area contributed by atoms with E-state index < -0.39 is 0 Å². The molecular formula is C19H24N4O2. The van der Waals surface area contributed by atoms with Crippen LogP contribution in [0.2, 0.25) is 0 Å². The molecule has 1 aliphatic rings. The van der Waals surface area contributed by atoms with Gasteiger partial charge in [0.2, 0.25) is 11.8 Å². The van der Waals surface area contributed by atoms with Crippen molar-refractivity contribution in [2.24, 2.45) is 0 Å². The van der Waals surface area contributed by atoms with Gasteiger partial charge in [-0.1, -0.05) is 36.8 Å². The molecule has 2 aromatic rings. The number of benzene rings is 1. The standard InChI is InChI=1S/C19H24N4O2/c24-17(8-7-16-11-20-14-23-16)21-12-18(25)22-13-19(9-4-10-19)15-5-2-1-3-6-15/h1-3,5-6,11,14H,4,7-10,12-13H2,(H,20,23)(H,21,24)(H,22,25). The Morgan fingerprint density at radius 2 is 1.92 bits per heavy atom. The van der Waals surface area contributed by atoms with Crippen LogP contribution in [-0.2, 0) is 21.4 Å². The van der Waals surface area contributed by atoms with Crippen molar-refractivity contribution in [2.45, 2.75) is 37.5 Å². The molecule has 1 aromatic carbocycles. The molecule has 1 aromatic heterocycles. The number of nitrogens with zero attached hydrogens (tertiary/aromatic N) is 1. The first kappa shape index (κ1) is 17.2. The van der Waals surface area contributed by atoms with Crippen LogP contribution in [0, 0.1) is 0 Å². The number of hydrogen-bond acceptors (Lipinski definition) is 3. The van der Waals surface area contributed by atoms with E-state index in [1.165, 1.54) is 12.0 Å². The van der Waals surface area contributed by atoms with Gasteiger partial charge in [0, 0.05) is 30.3 Å². The van der Waals surface area contributed by atoms with Crippen molar-refractivity contribution in [2.75, 3.05) is 13.1 Å². The molecule has 1 heterocycles. The molecule has 0 radical (unpaired) electrons. The molecule has 0 spiro atoms. The Morgan fingerprint density at radius 1 is 1.12 bits per heavy atom. The number of aromatic amines is 1. The van der Waals surface area contributed by atoms with Crippen molar-refractivity contribution in [1.29, 1.82) is 0 Å². The van der Waals surface area contributed by atoms with Crippen LogP contribution in [0.1, 0.15) is 36.9 Å². The zero-order chi connectivity index (χ0) is 17.5. The molecule has 25 heavy (non-hydrogen) atoms. The van der Waals surface area contributed by atoms with Crippen LogP contribution in [-0.4, -0.2) is 34.9 Å². The first-order chi connectivity index (χ1) is 12.2. The van der Waals surface area contributed by atoms with Gasteiger partial charge in [-0.05, 0) is 24.8 Å². The topological polar surface area (TPSA) is 86.9 Å². The molecule has 1 aliphatic carbocycles. The number of imidazole rings is 1. The van der Waals surface area contributed by atoms with Crippen LogP contribution in [0.25, 0.3) is 0 Å². The third-order valence-electron chi connectivity index (χ3n) is 4.94. The number of carbonyl (C=O) groups is 2. The number of aryl methyl sites for hydroxylation is 1. The van der Waals surface area contributed by atoms with Crippen molar-refractivity contribution in [3.63, 3.8) is 0 Å². The molecule has 0 unspecified atom stereocenters. The van der Waals surface area contributed by atoms with Crippen LogP contribution < -0.4 is 10.6 Å². The van der Waals surface area contributed by atoms with Crippen LogP contribution >= 0.6 is 0 Å². The van der Waals surface area contributed by atoms with Crippen molar-refractivity contribution in [3.8, 4) is 0 Å². The van der Waals surface area contributed by atoms with Gasteiger partial charge in [0.1, 0.15) is 0 Å². The largest absolute Gasteiger partial charge is 0.354 e. The zero-order valence-electron chi connectivity index (χ0n) is 14.3. The summed E-state index contributed by atoms with van der Waals surface area (Å²) in [5.41, 5.74) is 2.25. The van der Waals surface area contributed by atoms with Crippen molar-refractivity contribution < 1.29 is 9.59 Å². The van der Waals surface area contributed by atoms with E-state index in [0.29, 0.717) is 19.4 Å². The minimum absolute atomic E-state index is 0.0205. The third kappa shape index (κ3) is 4.47. The fourth-order valence-electron chi connectivity index (χ4n) is 3.23. The van der Waals surface area contributed by atoms with Crippen molar-refractivity contribution >= 4 is 11.8 Å². The number of carbonyl (C=O) groups excluding carboxylic acids is 2. The summed E-state index contributed by atoms with van der Waals surface area (Å²) in [5, 5.41) is 5.65. The predicted molar refractivity (Wildman–Crippen MR) is 94.9 cm³/mol. The molecule has 1 saturated carbocycles. The summed E-state index contributed by atoms with van der Waals surface area (Å²) in [6.45, 7) is 0.645. The second kappa shape index (κ2) is 7.96. The highest BCUT2D eigenvalue weighted by Crippen LogP contribution is 2.43. The second-order valence-corrected chi connectivity index (χ2v) is 6.63. The van der Waals surface area contributed by atoms with Crippen LogP contribution in [0.15, 0.2) is 42.9 Å². The fourth-order valence-corrected chi connectivity index (χ4v) is 3.23. The summed E-state index contributed by atoms with van der Waals surface area (Å²) in [5.74, 6) is -0.275. The van der Waals surface area contributed by atoms with Gasteiger partial charge in [0.25, 0.3) is 0 Å². The minimum Gasteiger partial charge on any atom is -0.354 e. The van der Waals surface area contributed by atoms with Gasteiger partial charge in [-0.15, -0.1) is 0 Å². The van der Waals surface area contributed by atoms with Crippen LogP contribution in [0.5, 0.6) is 0 Å². The molecule has 2 amide bonds. The van der Waals surface area contributed by atoms with E-state index >= 15 is 0 Å². The summed E-state index contributed by atoms with van der Waals surface area (Å²) < 4.78 is 0. The summed E-state index contributed by atoms with van der Waals surface area (Å²) in [6.07, 6.45) is 7.58. The molecule has 132 valence electrons. The lowest BCUT2D eigenvalue weighted by atomic mass is 9.64. The SMILES string of the molecule is O=C(CCc1cnc[nH]1)NCC(=O)NCC1(c2ccccc2)CCC1. The maximum Gasteiger partial charge on any atom is 0.239 e. The maximum absolute atomic E-state index is 12.1. The molecule has 6 heteroatoms. The summed E-state index contributed by atoms with van der Waals surface area (Å²) >= 11 is 0. The normalized spacial score (nSPS) is 15.2. The quantitative estimate of drug-likeness (QED) is 0.683. The van der Waals surface area contributed by atoms with Gasteiger partial charge in [0.05, 0.1) is 12.9 Å². The average molecular weight is 340 g/mol. The highest BCUT2D eigenvalue weighted by Gasteiger charge is 2.38. The number of amides is 2. The van der Waals surface area contributed by atoms with Crippen LogP contribution in [0.4, 0.5) is 0 Å². The van der Waals surface area contributed by atoms with Gasteiger partial charge in [-0.2, -0.15) is 0 Å². The minimum atomic E-state index is -0.142. The van der Waals surface area contributed by atoms with E-state index in [1.807, 2.05) is 18.2 Å². The van der Waals surface area contributed by atoms with E-state index in [0.717, 1.165) is 18.5 Å². The molecule has 0 atom stereocenters. The molecule has 1 fully saturated rings. The third-order valence-corrected chi connectivity index (χ3v) is 4.94. The molecule has 3 N–H and O–H groups in total. The van der Waals surface area contributed by atoms with E-state index in [4.69, 9.17) is 0 Å². The number of aromatic nitrogens is 2. The first-order valence-electron chi connectivity index (χ1n) is 8.74. The van der Waals surface area contributed by atoms with Crippen molar-refractivity contribution in [3.05, 3.63) is 54.1 Å². The monoisotopic (exact) mass is 340 g/mol. The molecule has 6 nitrogen and oxygen atoms in total. The second-order valence-electron chi connectivity index (χ2n) is 6.63. The number of hydrogen-bond donors (Lipinski definition) is 3. The molecule has 0 bridgehead atoms. The highest BCUT2D eigenvalue weighted by molar-refractivity contribution is 5.84. The Bertz CT molecular complexity index is 693. The Hall–Kier alpha value is -2.63. The van der Waals surface area contributed by atoms with Crippen LogP contribution in [0.3, 0.4) is 0 Å². The van der Waals surface area contributed by atoms with E-state index in [1.54, 1.807) is 12.5 Å². The highest BCUT2D eigenvalue weighted by atomic mass is 16.2. The lowest BCUT2D eigenvalue weighted by molar-refractivity contribution is -0.126. The van der Waals surface area contributed by atoms with Gasteiger partial charge in [-0.3, -0.25) is 9.59 Å². The molecule has 0 saturated heterocycles. The Morgan fingerprint density at radius 3 is 2.56 bits per heavy atom. The fraction of sp³-hybridized carbons (Fsp3) is 0.421. The number of H-pyrrole nitrogens is 1. The summed E-state index contributed by atoms with van der Waals surface area (Å²) in [6, 6.07) is 10.3. The Labute approximate surface area is 147 Å². The smallest absolute Gasteiger partial charge is 0.239 e. The lowest BCUT2D eigenvalue weighted by Crippen LogP contribution is -2.47. The van der Waals surface area contributed by atoms with Gasteiger partial charge in [-0.25, -0.2) is 4.98 Å². The Kier molecular flexibility index (Phi) is 5.48. The average Bonchev–Trinajstić information content (AvgIpc) is 3.12. The molecule has 0 aliphatic heterocycles. The zero-order valence-corrected chi connectivity index (χ0v) is 14.3. The van der Waals surface area contributed by atoms with Gasteiger partial charge in [0.15, 0.2) is 0 Å². The van der Waals surface area contributed by atoms with Crippen molar-refractivity contribution in [1.82, 2.24) is 20.6 Å². The van der Waals surface area contributed by atoms with Gasteiger partial charge >= 0.3 is 0 Å². The van der Waals surface area contributed by atoms with E-state index in [9.17, 15) is 9.59 Å². The summed E-state index contributed by atoms with van der Waals surface area (Å²) in [7, 11) is 0. The van der Waals surface area contributed by atoms with E-state index in [2.05, 4.69) is 32.7 Å². The lowest BCUT2D eigenvalue weighted by Gasteiger charge is -2.42. The number of nitrogens with one attached hydrogen (secondary N) is 3. The molecular weight excluding hydrogens is 316 g/mol. The number of rotatable bonds is 8. The van der Waals surface area contributed by atoms with E-state index in [-0.39, 0.29) is 23.8 Å². The summed E-state index contributed by atoms with van der Waals surface area (Å²) in [4.78, 5) is 30.7. The first-order valence-corrected chi connectivity index (χ1v) is 8.74.